The van der Waals surface area contributed by atoms with Gasteiger partial charge in [0.1, 0.15) is 0 Å². The second-order valence-corrected chi connectivity index (χ2v) is 5.01. The number of benzene rings is 1. The van der Waals surface area contributed by atoms with Gasteiger partial charge in [0, 0.05) is 24.7 Å². The molecule has 0 bridgehead atoms. The first-order valence-electron chi connectivity index (χ1n) is 6.18. The second-order valence-electron chi connectivity index (χ2n) is 4.16. The molecule has 7 heteroatoms. The molecule has 0 aliphatic rings. The third-order valence-corrected chi connectivity index (χ3v) is 3.32. The molecule has 0 heterocycles. The fourth-order valence-electron chi connectivity index (χ4n) is 1.58. The Labute approximate surface area is 131 Å². The summed E-state index contributed by atoms with van der Waals surface area (Å²) in [4.78, 5) is 24.5. The number of ether oxygens (including phenoxy) is 1. The number of urea groups is 1. The van der Waals surface area contributed by atoms with Crippen molar-refractivity contribution in [2.75, 3.05) is 32.1 Å². The standard InChI is InChI=1S/C14H17BrN2O4/c1-3-6-17(7-8-21-2)14(20)16-12-5-4-10(13(18)19)9-11(12)15/h3-5,9H,1,6-8H2,2H3,(H,16,20)(H,18,19). The highest BCUT2D eigenvalue weighted by Gasteiger charge is 2.14. The number of carbonyl (C=O) groups is 2. The topological polar surface area (TPSA) is 78.9 Å². The van der Waals surface area contributed by atoms with E-state index in [0.717, 1.165) is 0 Å². The SMILES string of the molecule is C=CCN(CCOC)C(=O)Nc1ccc(C(=O)O)cc1Br. The molecule has 0 aliphatic carbocycles. The highest BCUT2D eigenvalue weighted by atomic mass is 79.9. The van der Waals surface area contributed by atoms with Crippen LogP contribution in [0.4, 0.5) is 10.5 Å². The summed E-state index contributed by atoms with van der Waals surface area (Å²) in [6.45, 7) is 4.85. The molecule has 0 aliphatic heterocycles. The summed E-state index contributed by atoms with van der Waals surface area (Å²) in [7, 11) is 1.56. The number of carboxylic acid groups (broad SMARTS) is 1. The Bertz CT molecular complexity index is 534. The molecule has 0 spiro atoms. The van der Waals surface area contributed by atoms with Crippen LogP contribution in [0.25, 0.3) is 0 Å². The lowest BCUT2D eigenvalue weighted by molar-refractivity contribution is 0.0697. The molecule has 1 rings (SSSR count). The van der Waals surface area contributed by atoms with Crippen molar-refractivity contribution in [1.29, 1.82) is 0 Å². The summed E-state index contributed by atoms with van der Waals surface area (Å²) in [5, 5.41) is 11.6. The molecule has 0 fully saturated rings. The van der Waals surface area contributed by atoms with E-state index in [1.54, 1.807) is 13.2 Å². The first-order chi connectivity index (χ1) is 9.99. The van der Waals surface area contributed by atoms with E-state index in [2.05, 4.69) is 27.8 Å². The number of nitrogens with one attached hydrogen (secondary N) is 1. The fourth-order valence-corrected chi connectivity index (χ4v) is 2.05. The minimum absolute atomic E-state index is 0.141. The number of aromatic carboxylic acids is 1. The molecule has 0 radical (unpaired) electrons. The molecule has 1 aromatic rings. The summed E-state index contributed by atoms with van der Waals surface area (Å²) in [5.74, 6) is -1.03. The Kier molecular flexibility index (Phi) is 6.90. The van der Waals surface area contributed by atoms with E-state index in [1.165, 1.54) is 23.1 Å². The van der Waals surface area contributed by atoms with Gasteiger partial charge in [-0.3, -0.25) is 0 Å². The van der Waals surface area contributed by atoms with Crippen LogP contribution in [0, 0.1) is 0 Å². The van der Waals surface area contributed by atoms with Crippen molar-refractivity contribution in [2.45, 2.75) is 0 Å². The van der Waals surface area contributed by atoms with Crippen LogP contribution < -0.4 is 5.32 Å². The Balaban J connectivity index is 2.80. The molecule has 2 N–H and O–H groups in total. The number of rotatable bonds is 7. The quantitative estimate of drug-likeness (QED) is 0.736. The van der Waals surface area contributed by atoms with Crippen LogP contribution in [-0.4, -0.2) is 48.8 Å². The van der Waals surface area contributed by atoms with E-state index >= 15 is 0 Å². The largest absolute Gasteiger partial charge is 0.478 e. The molecular formula is C14H17BrN2O4. The van der Waals surface area contributed by atoms with E-state index in [9.17, 15) is 9.59 Å². The molecule has 0 atom stereocenters. The highest BCUT2D eigenvalue weighted by Crippen LogP contribution is 2.24. The molecule has 21 heavy (non-hydrogen) atoms. The van der Waals surface area contributed by atoms with Gasteiger partial charge in [0.2, 0.25) is 0 Å². The molecule has 1 aromatic carbocycles. The number of hydrogen-bond acceptors (Lipinski definition) is 3. The summed E-state index contributed by atoms with van der Waals surface area (Å²) in [5.41, 5.74) is 0.638. The number of halogens is 1. The van der Waals surface area contributed by atoms with E-state index < -0.39 is 5.97 Å². The van der Waals surface area contributed by atoms with E-state index in [0.29, 0.717) is 29.9 Å². The zero-order chi connectivity index (χ0) is 15.8. The average Bonchev–Trinajstić information content (AvgIpc) is 2.45. The Morgan fingerprint density at radius 2 is 2.24 bits per heavy atom. The number of methoxy groups -OCH3 is 1. The molecule has 0 unspecified atom stereocenters. The van der Waals surface area contributed by atoms with Gasteiger partial charge in [-0.15, -0.1) is 6.58 Å². The Hall–Kier alpha value is -1.86. The number of carbonyl (C=O) groups excluding carboxylic acids is 1. The van der Waals surface area contributed by atoms with Crippen molar-refractivity contribution in [2.24, 2.45) is 0 Å². The van der Waals surface area contributed by atoms with Crippen molar-refractivity contribution in [3.05, 3.63) is 40.9 Å². The minimum Gasteiger partial charge on any atom is -0.478 e. The van der Waals surface area contributed by atoms with Crippen LogP contribution in [0.3, 0.4) is 0 Å². The number of anilines is 1. The van der Waals surface area contributed by atoms with Gasteiger partial charge in [-0.1, -0.05) is 6.08 Å². The zero-order valence-electron chi connectivity index (χ0n) is 11.6. The average molecular weight is 357 g/mol. The maximum atomic E-state index is 12.2. The molecule has 2 amide bonds. The molecular weight excluding hydrogens is 340 g/mol. The lowest BCUT2D eigenvalue weighted by Crippen LogP contribution is -2.37. The van der Waals surface area contributed by atoms with Crippen molar-refractivity contribution < 1.29 is 19.4 Å². The van der Waals surface area contributed by atoms with Crippen molar-refractivity contribution in [3.63, 3.8) is 0 Å². The summed E-state index contributed by atoms with van der Waals surface area (Å²) < 4.78 is 5.46. The van der Waals surface area contributed by atoms with Gasteiger partial charge in [0.05, 0.1) is 17.9 Å². The van der Waals surface area contributed by atoms with Gasteiger partial charge in [0.25, 0.3) is 0 Å². The zero-order valence-corrected chi connectivity index (χ0v) is 13.2. The Morgan fingerprint density at radius 3 is 2.76 bits per heavy atom. The van der Waals surface area contributed by atoms with Gasteiger partial charge >= 0.3 is 12.0 Å². The maximum absolute atomic E-state index is 12.2. The minimum atomic E-state index is -1.03. The van der Waals surface area contributed by atoms with E-state index in [1.807, 2.05) is 0 Å². The first-order valence-corrected chi connectivity index (χ1v) is 6.97. The van der Waals surface area contributed by atoms with E-state index in [-0.39, 0.29) is 11.6 Å². The number of amides is 2. The molecule has 6 nitrogen and oxygen atoms in total. The van der Waals surface area contributed by atoms with Crippen molar-refractivity contribution >= 4 is 33.6 Å². The molecule has 114 valence electrons. The number of hydrogen-bond donors (Lipinski definition) is 2. The predicted molar refractivity (Wildman–Crippen MR) is 83.8 cm³/mol. The van der Waals surface area contributed by atoms with Gasteiger partial charge in [-0.05, 0) is 34.1 Å². The lowest BCUT2D eigenvalue weighted by atomic mass is 10.2. The third kappa shape index (κ3) is 5.20. The van der Waals surface area contributed by atoms with Gasteiger partial charge in [-0.25, -0.2) is 9.59 Å². The van der Waals surface area contributed by atoms with Crippen LogP contribution in [0.15, 0.2) is 35.3 Å². The number of nitrogens with zero attached hydrogens (tertiary/aromatic N) is 1. The van der Waals surface area contributed by atoms with Crippen LogP contribution >= 0.6 is 15.9 Å². The smallest absolute Gasteiger partial charge is 0.335 e. The van der Waals surface area contributed by atoms with Crippen molar-refractivity contribution in [3.8, 4) is 0 Å². The summed E-state index contributed by atoms with van der Waals surface area (Å²) in [6.07, 6.45) is 1.62. The van der Waals surface area contributed by atoms with Crippen LogP contribution in [0.1, 0.15) is 10.4 Å². The highest BCUT2D eigenvalue weighted by molar-refractivity contribution is 9.10. The fraction of sp³-hybridized carbons (Fsp3) is 0.286. The van der Waals surface area contributed by atoms with Gasteiger partial charge in [-0.2, -0.15) is 0 Å². The summed E-state index contributed by atoms with van der Waals surface area (Å²) in [6, 6.07) is 4.09. The van der Waals surface area contributed by atoms with Crippen LogP contribution in [0.2, 0.25) is 0 Å². The monoisotopic (exact) mass is 356 g/mol. The van der Waals surface area contributed by atoms with Gasteiger partial charge in [0.15, 0.2) is 0 Å². The first kappa shape index (κ1) is 17.2. The predicted octanol–water partition coefficient (Wildman–Crippen LogP) is 2.81. The van der Waals surface area contributed by atoms with E-state index in [4.69, 9.17) is 9.84 Å². The molecule has 0 aromatic heterocycles. The maximum Gasteiger partial charge on any atom is 0.335 e. The van der Waals surface area contributed by atoms with Crippen molar-refractivity contribution in [1.82, 2.24) is 4.90 Å². The van der Waals surface area contributed by atoms with Crippen LogP contribution in [-0.2, 0) is 4.74 Å². The second kappa shape index (κ2) is 8.43. The molecule has 0 saturated heterocycles. The number of carboxylic acids is 1. The van der Waals surface area contributed by atoms with Gasteiger partial charge < -0.3 is 20.1 Å². The third-order valence-electron chi connectivity index (χ3n) is 2.66. The lowest BCUT2D eigenvalue weighted by Gasteiger charge is -2.21. The Morgan fingerprint density at radius 1 is 1.52 bits per heavy atom. The van der Waals surface area contributed by atoms with Crippen LogP contribution in [0.5, 0.6) is 0 Å². The normalized spacial score (nSPS) is 10.0. The summed E-state index contributed by atoms with van der Waals surface area (Å²) >= 11 is 3.24. The molecule has 0 saturated carbocycles.